The molecule has 82 valence electrons. The summed E-state index contributed by atoms with van der Waals surface area (Å²) >= 11 is 0. The van der Waals surface area contributed by atoms with Gasteiger partial charge in [0.25, 0.3) is 0 Å². The van der Waals surface area contributed by atoms with Gasteiger partial charge in [0.05, 0.1) is 16.7 Å². The summed E-state index contributed by atoms with van der Waals surface area (Å²) in [5, 5.41) is 0. The number of rotatable bonds is 1. The van der Waals surface area contributed by atoms with Gasteiger partial charge in [-0.05, 0) is 31.2 Å². The molecule has 0 radical (unpaired) electrons. The Morgan fingerprint density at radius 1 is 1.41 bits per heavy atom. The number of imidazole rings is 2. The molecule has 3 heteroatoms. The highest BCUT2D eigenvalue weighted by Gasteiger charge is 2.10. The van der Waals surface area contributed by atoms with Gasteiger partial charge in [0, 0.05) is 5.69 Å². The first kappa shape index (κ1) is 9.73. The Hall–Kier alpha value is -2.47. The lowest BCUT2D eigenvalue weighted by Crippen LogP contribution is -1.85. The van der Waals surface area contributed by atoms with Crippen LogP contribution in [0.25, 0.3) is 22.9 Å². The molecule has 1 N–H and O–H groups in total. The summed E-state index contributed by atoms with van der Waals surface area (Å²) in [5.41, 5.74) is 4.18. The fourth-order valence-corrected chi connectivity index (χ4v) is 2.08. The van der Waals surface area contributed by atoms with Crippen molar-refractivity contribution in [2.45, 2.75) is 6.92 Å². The van der Waals surface area contributed by atoms with E-state index in [2.05, 4.69) is 26.4 Å². The molecule has 0 amide bonds. The molecule has 0 aliphatic heterocycles. The highest BCUT2D eigenvalue weighted by atomic mass is 15.1. The molecular weight excluding hydrogens is 210 g/mol. The molecule has 1 aromatic carbocycles. The van der Waals surface area contributed by atoms with Crippen molar-refractivity contribution in [3.8, 4) is 12.3 Å². The van der Waals surface area contributed by atoms with Gasteiger partial charge < -0.3 is 4.98 Å². The fraction of sp³-hybridized carbons (Fsp3) is 0.0714. The molecule has 0 saturated heterocycles. The molecule has 3 rings (SSSR count). The Labute approximate surface area is 98.8 Å². The van der Waals surface area contributed by atoms with Gasteiger partial charge in [0.2, 0.25) is 5.78 Å². The number of benzene rings is 1. The third-order valence-electron chi connectivity index (χ3n) is 2.82. The Morgan fingerprint density at radius 2 is 2.24 bits per heavy atom. The summed E-state index contributed by atoms with van der Waals surface area (Å²) < 4.78 is 2.08. The molecule has 2 heterocycles. The lowest BCUT2D eigenvalue weighted by Gasteiger charge is -1.95. The summed E-state index contributed by atoms with van der Waals surface area (Å²) in [5.74, 6) is 3.36. The van der Waals surface area contributed by atoms with E-state index in [1.54, 1.807) is 6.08 Å². The average Bonchev–Trinajstić information content (AvgIpc) is 2.82. The Morgan fingerprint density at radius 3 is 3.06 bits per heavy atom. The molecule has 0 fully saturated rings. The van der Waals surface area contributed by atoms with Crippen molar-refractivity contribution in [2.24, 2.45) is 0 Å². The van der Waals surface area contributed by atoms with Gasteiger partial charge in [-0.15, -0.1) is 6.42 Å². The minimum Gasteiger partial charge on any atom is -0.327 e. The first-order valence-corrected chi connectivity index (χ1v) is 5.39. The number of nitrogens with zero attached hydrogens (tertiary/aromatic N) is 2. The molecule has 3 nitrogen and oxygen atoms in total. The monoisotopic (exact) mass is 221 g/mol. The van der Waals surface area contributed by atoms with Crippen LogP contribution in [0.5, 0.6) is 0 Å². The first-order valence-electron chi connectivity index (χ1n) is 5.39. The number of fused-ring (bicyclic) bond motifs is 3. The molecule has 0 saturated carbocycles. The van der Waals surface area contributed by atoms with Crippen LogP contribution in [-0.2, 0) is 0 Å². The number of hydrogen-bond acceptors (Lipinski definition) is 1. The second-order valence-corrected chi connectivity index (χ2v) is 3.89. The zero-order chi connectivity index (χ0) is 11.8. The SMILES string of the molecule is C#C/C=C\c1c(C)[nH]c2nc3ccccc3n12. The predicted molar refractivity (Wildman–Crippen MR) is 69.7 cm³/mol. The Balaban J connectivity index is 2.44. The van der Waals surface area contributed by atoms with E-state index in [-0.39, 0.29) is 0 Å². The first-order chi connectivity index (χ1) is 8.31. The smallest absolute Gasteiger partial charge is 0.213 e. The van der Waals surface area contributed by atoms with Gasteiger partial charge in [-0.25, -0.2) is 4.98 Å². The number of aryl methyl sites for hydroxylation is 1. The van der Waals surface area contributed by atoms with E-state index in [9.17, 15) is 0 Å². The Kier molecular flexibility index (Phi) is 2.02. The maximum Gasteiger partial charge on any atom is 0.213 e. The topological polar surface area (TPSA) is 33.1 Å². The molecular formula is C14H11N3. The lowest BCUT2D eigenvalue weighted by atomic mass is 10.3. The minimum absolute atomic E-state index is 0.848. The van der Waals surface area contributed by atoms with Crippen LogP contribution >= 0.6 is 0 Å². The normalized spacial score (nSPS) is 11.5. The summed E-state index contributed by atoms with van der Waals surface area (Å²) in [4.78, 5) is 7.78. The van der Waals surface area contributed by atoms with Crippen LogP contribution in [0.3, 0.4) is 0 Å². The van der Waals surface area contributed by atoms with Crippen molar-refractivity contribution >= 4 is 22.9 Å². The molecule has 0 unspecified atom stereocenters. The van der Waals surface area contributed by atoms with E-state index >= 15 is 0 Å². The maximum atomic E-state index is 5.26. The number of aromatic amines is 1. The quantitative estimate of drug-likeness (QED) is 0.630. The van der Waals surface area contributed by atoms with Crippen molar-refractivity contribution in [3.05, 3.63) is 41.7 Å². The van der Waals surface area contributed by atoms with Gasteiger partial charge >= 0.3 is 0 Å². The van der Waals surface area contributed by atoms with Crippen LogP contribution < -0.4 is 0 Å². The molecule has 0 bridgehead atoms. The zero-order valence-corrected chi connectivity index (χ0v) is 9.44. The number of nitrogens with one attached hydrogen (secondary N) is 1. The lowest BCUT2D eigenvalue weighted by molar-refractivity contribution is 1.23. The van der Waals surface area contributed by atoms with Crippen molar-refractivity contribution in [1.82, 2.24) is 14.4 Å². The van der Waals surface area contributed by atoms with Crippen molar-refractivity contribution in [2.75, 3.05) is 0 Å². The number of hydrogen-bond donors (Lipinski definition) is 1. The second-order valence-electron chi connectivity index (χ2n) is 3.89. The number of H-pyrrole nitrogens is 1. The summed E-state index contributed by atoms with van der Waals surface area (Å²) in [6.45, 7) is 2.01. The van der Waals surface area contributed by atoms with E-state index in [1.165, 1.54) is 0 Å². The molecule has 2 aromatic heterocycles. The largest absolute Gasteiger partial charge is 0.327 e. The molecule has 0 aliphatic carbocycles. The highest BCUT2D eigenvalue weighted by Crippen LogP contribution is 2.21. The maximum absolute atomic E-state index is 5.26. The van der Waals surface area contributed by atoms with Gasteiger partial charge in [0.1, 0.15) is 0 Å². The van der Waals surface area contributed by atoms with Crippen LogP contribution in [-0.4, -0.2) is 14.4 Å². The Bertz CT molecular complexity index is 766. The van der Waals surface area contributed by atoms with E-state index in [0.717, 1.165) is 28.2 Å². The third-order valence-corrected chi connectivity index (χ3v) is 2.82. The fourth-order valence-electron chi connectivity index (χ4n) is 2.08. The molecule has 0 aliphatic rings. The van der Waals surface area contributed by atoms with Crippen LogP contribution in [0.15, 0.2) is 30.3 Å². The van der Waals surface area contributed by atoms with Crippen molar-refractivity contribution < 1.29 is 0 Å². The summed E-state index contributed by atoms with van der Waals surface area (Å²) in [6, 6.07) is 8.04. The predicted octanol–water partition coefficient (Wildman–Crippen LogP) is 2.77. The highest BCUT2D eigenvalue weighted by molar-refractivity contribution is 5.81. The van der Waals surface area contributed by atoms with E-state index in [1.807, 2.05) is 31.2 Å². The third kappa shape index (κ3) is 1.35. The second kappa shape index (κ2) is 3.53. The molecule has 3 aromatic rings. The van der Waals surface area contributed by atoms with Crippen LogP contribution in [0.1, 0.15) is 11.4 Å². The average molecular weight is 221 g/mol. The molecule has 0 atom stereocenters. The molecule has 0 spiro atoms. The summed E-state index contributed by atoms with van der Waals surface area (Å²) in [7, 11) is 0. The number of aromatic nitrogens is 3. The van der Waals surface area contributed by atoms with Crippen LogP contribution in [0.4, 0.5) is 0 Å². The van der Waals surface area contributed by atoms with Crippen LogP contribution in [0, 0.1) is 19.3 Å². The van der Waals surface area contributed by atoms with Gasteiger partial charge in [-0.3, -0.25) is 4.40 Å². The van der Waals surface area contributed by atoms with E-state index in [4.69, 9.17) is 6.42 Å². The van der Waals surface area contributed by atoms with Crippen LogP contribution in [0.2, 0.25) is 0 Å². The number of para-hydroxylation sites is 2. The van der Waals surface area contributed by atoms with Crippen molar-refractivity contribution in [1.29, 1.82) is 0 Å². The number of terminal acetylenes is 1. The van der Waals surface area contributed by atoms with Gasteiger partial charge in [-0.1, -0.05) is 18.1 Å². The van der Waals surface area contributed by atoms with E-state index < -0.39 is 0 Å². The van der Waals surface area contributed by atoms with Gasteiger partial charge in [0.15, 0.2) is 0 Å². The minimum atomic E-state index is 0.848. The molecule has 17 heavy (non-hydrogen) atoms. The standard InChI is InChI=1S/C14H11N3/c1-3-4-8-12-10(2)15-14-16-11-7-5-6-9-13(11)17(12)14/h1,4-9H,2H3,(H,15,16)/b8-4-. The van der Waals surface area contributed by atoms with Gasteiger partial charge in [-0.2, -0.15) is 0 Å². The van der Waals surface area contributed by atoms with E-state index in [0.29, 0.717) is 0 Å². The van der Waals surface area contributed by atoms with Crippen molar-refractivity contribution in [3.63, 3.8) is 0 Å². The summed E-state index contributed by atoms with van der Waals surface area (Å²) in [6.07, 6.45) is 8.88. The zero-order valence-electron chi connectivity index (χ0n) is 9.44. The number of allylic oxidation sites excluding steroid dienone is 1.